The minimum absolute atomic E-state index is 0.250. The molecule has 0 radical (unpaired) electrons. The summed E-state index contributed by atoms with van der Waals surface area (Å²) in [5, 5.41) is 0. The summed E-state index contributed by atoms with van der Waals surface area (Å²) < 4.78 is 0. The molecule has 2 aliphatic rings. The summed E-state index contributed by atoms with van der Waals surface area (Å²) in [6.07, 6.45) is 1.87. The molecule has 3 unspecified atom stereocenters. The Bertz CT molecular complexity index is 387. The molecule has 0 N–H and O–H groups in total. The molecule has 0 aromatic heterocycles. The monoisotopic (exact) mass is 201 g/mol. The van der Waals surface area contributed by atoms with Gasteiger partial charge in [-0.05, 0) is 18.9 Å². The van der Waals surface area contributed by atoms with Crippen LogP contribution < -0.4 is 0 Å². The average molecular weight is 201 g/mol. The first-order valence-electron chi connectivity index (χ1n) is 5.64. The van der Waals surface area contributed by atoms with Gasteiger partial charge in [0.2, 0.25) is 0 Å². The quantitative estimate of drug-likeness (QED) is 0.683. The third kappa shape index (κ3) is 1.32. The van der Waals surface area contributed by atoms with E-state index in [1.54, 1.807) is 0 Å². The zero-order valence-corrected chi connectivity index (χ0v) is 8.89. The first-order chi connectivity index (χ1) is 7.29. The van der Waals surface area contributed by atoms with E-state index in [4.69, 9.17) is 0 Å². The third-order valence-corrected chi connectivity index (χ3v) is 3.72. The van der Waals surface area contributed by atoms with Crippen LogP contribution in [-0.4, -0.2) is 22.8 Å². The fraction of sp³-hybridized carbons (Fsp3) is 0.462. The van der Waals surface area contributed by atoms with Gasteiger partial charge < -0.3 is 0 Å². The Morgan fingerprint density at radius 3 is 2.67 bits per heavy atom. The van der Waals surface area contributed by atoms with Crippen LogP contribution in [0.2, 0.25) is 0 Å². The number of carbonyl (C=O) groups is 1. The Kier molecular flexibility index (Phi) is 1.93. The van der Waals surface area contributed by atoms with Gasteiger partial charge in [0.25, 0.3) is 0 Å². The zero-order valence-electron chi connectivity index (χ0n) is 8.89. The van der Waals surface area contributed by atoms with E-state index in [-0.39, 0.29) is 6.04 Å². The molecule has 1 saturated heterocycles. The molecule has 1 aliphatic heterocycles. The van der Waals surface area contributed by atoms with Gasteiger partial charge in [0, 0.05) is 18.5 Å². The molecule has 1 heterocycles. The molecular formula is C13H15NO. The molecule has 0 spiro atoms. The molecule has 78 valence electrons. The lowest BCUT2D eigenvalue weighted by Crippen LogP contribution is -2.16. The number of fused-ring (bicyclic) bond motifs is 1. The predicted molar refractivity (Wildman–Crippen MR) is 58.5 cm³/mol. The molecule has 2 nitrogen and oxygen atoms in total. The first kappa shape index (κ1) is 9.10. The van der Waals surface area contributed by atoms with E-state index in [2.05, 4.69) is 36.1 Å². The lowest BCUT2D eigenvalue weighted by Gasteiger charge is -2.16. The van der Waals surface area contributed by atoms with Crippen molar-refractivity contribution < 1.29 is 4.79 Å². The van der Waals surface area contributed by atoms with Crippen molar-refractivity contribution in [1.82, 2.24) is 4.90 Å². The van der Waals surface area contributed by atoms with Crippen LogP contribution in [0, 0.1) is 0 Å². The van der Waals surface area contributed by atoms with Gasteiger partial charge in [0.15, 0.2) is 5.78 Å². The van der Waals surface area contributed by atoms with Crippen molar-refractivity contribution in [2.75, 3.05) is 0 Å². The summed E-state index contributed by atoms with van der Waals surface area (Å²) in [6, 6.07) is 11.6. The van der Waals surface area contributed by atoms with Crippen LogP contribution in [0.15, 0.2) is 30.3 Å². The summed E-state index contributed by atoms with van der Waals surface area (Å²) in [6.45, 7) is 2.20. The number of nitrogens with zero attached hydrogens (tertiary/aromatic N) is 1. The van der Waals surface area contributed by atoms with Crippen LogP contribution >= 0.6 is 0 Å². The second kappa shape index (κ2) is 3.17. The number of likely N-dealkylation sites (tertiary alicyclic amines) is 1. The van der Waals surface area contributed by atoms with Crippen molar-refractivity contribution >= 4 is 5.78 Å². The van der Waals surface area contributed by atoms with Crippen LogP contribution in [-0.2, 0) is 4.79 Å². The van der Waals surface area contributed by atoms with Crippen LogP contribution in [0.3, 0.4) is 0 Å². The second-order valence-corrected chi connectivity index (χ2v) is 4.55. The number of carbonyl (C=O) groups excluding carboxylic acids is 1. The number of rotatable bonds is 2. The Morgan fingerprint density at radius 1 is 1.33 bits per heavy atom. The maximum absolute atomic E-state index is 11.5. The molecular weight excluding hydrogens is 186 g/mol. The summed E-state index contributed by atoms with van der Waals surface area (Å²) in [5.41, 5.74) is 1.32. The number of benzene rings is 1. The summed E-state index contributed by atoms with van der Waals surface area (Å²) in [4.78, 5) is 13.9. The highest BCUT2D eigenvalue weighted by Gasteiger charge is 2.57. The van der Waals surface area contributed by atoms with Gasteiger partial charge in [-0.15, -0.1) is 0 Å². The van der Waals surface area contributed by atoms with Crippen molar-refractivity contribution in [2.45, 2.75) is 37.9 Å². The van der Waals surface area contributed by atoms with E-state index in [0.29, 0.717) is 17.9 Å². The van der Waals surface area contributed by atoms with Gasteiger partial charge in [-0.1, -0.05) is 30.3 Å². The van der Waals surface area contributed by atoms with Crippen molar-refractivity contribution in [1.29, 1.82) is 0 Å². The third-order valence-electron chi connectivity index (χ3n) is 3.72. The number of hydrogen-bond donors (Lipinski definition) is 0. The van der Waals surface area contributed by atoms with Crippen LogP contribution in [0.4, 0.5) is 0 Å². The van der Waals surface area contributed by atoms with E-state index < -0.39 is 0 Å². The fourth-order valence-electron chi connectivity index (χ4n) is 2.86. The number of Topliss-reactive ketones (excluding diaryl/α,β-unsaturated/α-hetero) is 1. The Hall–Kier alpha value is -1.15. The second-order valence-electron chi connectivity index (χ2n) is 4.55. The standard InChI is InChI=1S/C13H15NO/c1-9(10-5-3-2-4-6-10)14-11-7-8-12(15)13(11)14/h2-6,9,11,13H,7-8H2,1H3/t9-,11?,13?,14?/m0/s1. The maximum atomic E-state index is 11.5. The van der Waals surface area contributed by atoms with Gasteiger partial charge in [-0.2, -0.15) is 0 Å². The largest absolute Gasteiger partial charge is 0.298 e. The topological polar surface area (TPSA) is 20.1 Å². The molecule has 3 rings (SSSR count). The Morgan fingerprint density at radius 2 is 2.07 bits per heavy atom. The molecule has 2 fully saturated rings. The molecule has 0 bridgehead atoms. The van der Waals surface area contributed by atoms with Crippen LogP contribution in [0.25, 0.3) is 0 Å². The lowest BCUT2D eigenvalue weighted by molar-refractivity contribution is -0.118. The molecule has 0 amide bonds. The molecule has 15 heavy (non-hydrogen) atoms. The summed E-state index contributed by atoms with van der Waals surface area (Å²) >= 11 is 0. The van der Waals surface area contributed by atoms with Gasteiger partial charge in [-0.3, -0.25) is 9.69 Å². The summed E-state index contributed by atoms with van der Waals surface area (Å²) in [7, 11) is 0. The van der Waals surface area contributed by atoms with E-state index in [9.17, 15) is 4.79 Å². The highest BCUT2D eigenvalue weighted by Crippen LogP contribution is 2.46. The molecule has 4 atom stereocenters. The van der Waals surface area contributed by atoms with Gasteiger partial charge in [-0.25, -0.2) is 0 Å². The molecule has 1 saturated carbocycles. The number of ketones is 1. The van der Waals surface area contributed by atoms with Crippen molar-refractivity contribution in [3.63, 3.8) is 0 Å². The maximum Gasteiger partial charge on any atom is 0.151 e. The van der Waals surface area contributed by atoms with E-state index in [1.807, 2.05) is 6.07 Å². The van der Waals surface area contributed by atoms with Crippen LogP contribution in [0.5, 0.6) is 0 Å². The van der Waals surface area contributed by atoms with E-state index in [1.165, 1.54) is 5.56 Å². The van der Waals surface area contributed by atoms with E-state index in [0.717, 1.165) is 12.8 Å². The number of hydrogen-bond acceptors (Lipinski definition) is 2. The predicted octanol–water partition coefficient (Wildman–Crippen LogP) is 2.16. The highest BCUT2D eigenvalue weighted by molar-refractivity contribution is 5.90. The molecule has 1 aromatic carbocycles. The minimum atomic E-state index is 0.250. The van der Waals surface area contributed by atoms with Crippen molar-refractivity contribution in [3.8, 4) is 0 Å². The van der Waals surface area contributed by atoms with Crippen molar-refractivity contribution in [3.05, 3.63) is 35.9 Å². The van der Waals surface area contributed by atoms with E-state index >= 15 is 0 Å². The normalized spacial score (nSPS) is 35.0. The smallest absolute Gasteiger partial charge is 0.151 e. The SMILES string of the molecule is C[C@@H](c1ccccc1)N1C2CCC(=O)C21. The highest BCUT2D eigenvalue weighted by atomic mass is 16.1. The molecule has 1 aromatic rings. The fourth-order valence-corrected chi connectivity index (χ4v) is 2.86. The summed E-state index contributed by atoms with van der Waals surface area (Å²) in [5.74, 6) is 0.447. The zero-order chi connectivity index (χ0) is 10.4. The lowest BCUT2D eigenvalue weighted by atomic mass is 10.1. The van der Waals surface area contributed by atoms with Gasteiger partial charge in [0.05, 0.1) is 6.04 Å². The number of piperidine rings is 1. The van der Waals surface area contributed by atoms with Gasteiger partial charge >= 0.3 is 0 Å². The average Bonchev–Trinajstić information content (AvgIpc) is 2.90. The molecule has 1 aliphatic carbocycles. The van der Waals surface area contributed by atoms with Gasteiger partial charge in [0.1, 0.15) is 0 Å². The van der Waals surface area contributed by atoms with Crippen LogP contribution in [0.1, 0.15) is 31.4 Å². The first-order valence-corrected chi connectivity index (χ1v) is 5.64. The Balaban J connectivity index is 1.78. The minimum Gasteiger partial charge on any atom is -0.298 e. The van der Waals surface area contributed by atoms with Crippen molar-refractivity contribution in [2.24, 2.45) is 0 Å². The molecule has 2 heteroatoms. The Labute approximate surface area is 89.9 Å².